The highest BCUT2D eigenvalue weighted by atomic mass is 16.5. The van der Waals surface area contributed by atoms with E-state index in [4.69, 9.17) is 4.74 Å². The predicted octanol–water partition coefficient (Wildman–Crippen LogP) is 3.91. The summed E-state index contributed by atoms with van der Waals surface area (Å²) in [6.07, 6.45) is 0.776. The van der Waals surface area contributed by atoms with E-state index in [1.807, 2.05) is 48.5 Å². The number of urea groups is 1. The number of anilines is 2. The van der Waals surface area contributed by atoms with Gasteiger partial charge in [-0.3, -0.25) is 0 Å². The van der Waals surface area contributed by atoms with E-state index in [9.17, 15) is 4.79 Å². The van der Waals surface area contributed by atoms with Crippen molar-refractivity contribution < 1.29 is 9.53 Å². The Morgan fingerprint density at radius 1 is 1.00 bits per heavy atom. The molecule has 0 heterocycles. The van der Waals surface area contributed by atoms with Crippen molar-refractivity contribution in [3.63, 3.8) is 0 Å². The average molecular weight is 341 g/mol. The number of nitrogens with zero attached hydrogens (tertiary/aromatic N) is 1. The molecule has 0 aliphatic heterocycles. The fourth-order valence-corrected chi connectivity index (χ4v) is 2.63. The number of rotatable bonds is 8. The summed E-state index contributed by atoms with van der Waals surface area (Å²) < 4.78 is 5.13. The van der Waals surface area contributed by atoms with E-state index in [0.717, 1.165) is 42.2 Å². The minimum Gasteiger partial charge on any atom is -0.497 e. The summed E-state index contributed by atoms with van der Waals surface area (Å²) in [5.74, 6) is 0.836. The molecule has 0 atom stereocenters. The van der Waals surface area contributed by atoms with E-state index in [0.29, 0.717) is 6.54 Å². The zero-order valence-corrected chi connectivity index (χ0v) is 15.2. The summed E-state index contributed by atoms with van der Waals surface area (Å²) in [6.45, 7) is 6.78. The molecule has 2 aromatic carbocycles. The van der Waals surface area contributed by atoms with Crippen molar-refractivity contribution in [2.45, 2.75) is 20.3 Å². The van der Waals surface area contributed by atoms with E-state index in [-0.39, 0.29) is 6.03 Å². The summed E-state index contributed by atoms with van der Waals surface area (Å²) >= 11 is 0. The number of amides is 2. The Labute approximate surface area is 150 Å². The molecule has 0 radical (unpaired) electrons. The normalized spacial score (nSPS) is 10.2. The molecule has 0 unspecified atom stereocenters. The third-order valence-electron chi connectivity index (χ3n) is 4.11. The van der Waals surface area contributed by atoms with Crippen molar-refractivity contribution >= 4 is 17.4 Å². The molecule has 0 aliphatic rings. The molecule has 5 heteroatoms. The molecule has 0 saturated carbocycles. The van der Waals surface area contributed by atoms with Gasteiger partial charge in [0.25, 0.3) is 0 Å². The van der Waals surface area contributed by atoms with Crippen LogP contribution in [0.2, 0.25) is 0 Å². The SMILES string of the molecule is CCN(CC)c1ccc(NC(=O)NCCc2ccc(OC)cc2)cc1. The van der Waals surface area contributed by atoms with Crippen LogP contribution in [0, 0.1) is 0 Å². The molecular formula is C20H27N3O2. The number of benzene rings is 2. The minimum atomic E-state index is -0.191. The first-order valence-electron chi connectivity index (χ1n) is 8.69. The lowest BCUT2D eigenvalue weighted by Gasteiger charge is -2.21. The first-order valence-corrected chi connectivity index (χ1v) is 8.69. The van der Waals surface area contributed by atoms with Crippen LogP contribution in [0.1, 0.15) is 19.4 Å². The molecule has 0 spiro atoms. The first-order chi connectivity index (χ1) is 12.2. The van der Waals surface area contributed by atoms with E-state index in [1.54, 1.807) is 7.11 Å². The molecule has 0 fully saturated rings. The molecule has 2 amide bonds. The molecule has 2 aromatic rings. The summed E-state index contributed by atoms with van der Waals surface area (Å²) in [5, 5.41) is 5.74. The fraction of sp³-hybridized carbons (Fsp3) is 0.350. The Kier molecular flexibility index (Phi) is 7.14. The van der Waals surface area contributed by atoms with Gasteiger partial charge in [0, 0.05) is 31.0 Å². The summed E-state index contributed by atoms with van der Waals surface area (Å²) in [6, 6.07) is 15.6. The van der Waals surface area contributed by atoms with Gasteiger partial charge >= 0.3 is 6.03 Å². The highest BCUT2D eigenvalue weighted by molar-refractivity contribution is 5.89. The molecule has 0 saturated heterocycles. The summed E-state index contributed by atoms with van der Waals surface area (Å²) in [5.41, 5.74) is 3.11. The molecule has 0 aromatic heterocycles. The Morgan fingerprint density at radius 3 is 2.20 bits per heavy atom. The minimum absolute atomic E-state index is 0.191. The Bertz CT molecular complexity index is 650. The van der Waals surface area contributed by atoms with Gasteiger partial charge in [-0.1, -0.05) is 12.1 Å². The third-order valence-corrected chi connectivity index (χ3v) is 4.11. The maximum Gasteiger partial charge on any atom is 0.319 e. The molecule has 0 aliphatic carbocycles. The molecule has 25 heavy (non-hydrogen) atoms. The highest BCUT2D eigenvalue weighted by Crippen LogP contribution is 2.17. The van der Waals surface area contributed by atoms with Gasteiger partial charge in [0.2, 0.25) is 0 Å². The van der Waals surface area contributed by atoms with Crippen molar-refractivity contribution in [2.24, 2.45) is 0 Å². The van der Waals surface area contributed by atoms with Crippen molar-refractivity contribution in [1.82, 2.24) is 5.32 Å². The second kappa shape index (κ2) is 9.57. The van der Waals surface area contributed by atoms with Gasteiger partial charge in [0.05, 0.1) is 7.11 Å². The number of carbonyl (C=O) groups excluding carboxylic acids is 1. The highest BCUT2D eigenvalue weighted by Gasteiger charge is 2.04. The lowest BCUT2D eigenvalue weighted by Crippen LogP contribution is -2.30. The fourth-order valence-electron chi connectivity index (χ4n) is 2.63. The monoisotopic (exact) mass is 341 g/mol. The molecule has 2 N–H and O–H groups in total. The van der Waals surface area contributed by atoms with Crippen LogP contribution >= 0.6 is 0 Å². The number of carbonyl (C=O) groups is 1. The number of ether oxygens (including phenoxy) is 1. The smallest absolute Gasteiger partial charge is 0.319 e. The summed E-state index contributed by atoms with van der Waals surface area (Å²) in [7, 11) is 1.65. The molecule has 134 valence electrons. The maximum atomic E-state index is 12.0. The zero-order chi connectivity index (χ0) is 18.1. The van der Waals surface area contributed by atoms with E-state index in [2.05, 4.69) is 29.4 Å². The van der Waals surface area contributed by atoms with Crippen molar-refractivity contribution in [3.05, 3.63) is 54.1 Å². The second-order valence-corrected chi connectivity index (χ2v) is 5.70. The standard InChI is InChI=1S/C20H27N3O2/c1-4-23(5-2)18-10-8-17(9-11-18)22-20(24)21-15-14-16-6-12-19(25-3)13-7-16/h6-13H,4-5,14-15H2,1-3H3,(H2,21,22,24). The number of hydrogen-bond donors (Lipinski definition) is 2. The first kappa shape index (κ1) is 18.6. The second-order valence-electron chi connectivity index (χ2n) is 5.70. The maximum absolute atomic E-state index is 12.0. The number of hydrogen-bond acceptors (Lipinski definition) is 3. The van der Waals surface area contributed by atoms with Gasteiger partial charge in [-0.2, -0.15) is 0 Å². The van der Waals surface area contributed by atoms with Gasteiger partial charge in [0.15, 0.2) is 0 Å². The molecule has 2 rings (SSSR count). The van der Waals surface area contributed by atoms with Crippen LogP contribution in [0.15, 0.2) is 48.5 Å². The number of nitrogens with one attached hydrogen (secondary N) is 2. The quantitative estimate of drug-likeness (QED) is 0.765. The van der Waals surface area contributed by atoms with E-state index in [1.165, 1.54) is 0 Å². The largest absolute Gasteiger partial charge is 0.497 e. The Hall–Kier alpha value is -2.69. The van der Waals surface area contributed by atoms with Gasteiger partial charge in [0.1, 0.15) is 5.75 Å². The van der Waals surface area contributed by atoms with Crippen LogP contribution in [-0.2, 0) is 6.42 Å². The zero-order valence-electron chi connectivity index (χ0n) is 15.2. The van der Waals surface area contributed by atoms with Gasteiger partial charge < -0.3 is 20.3 Å². The van der Waals surface area contributed by atoms with Crippen LogP contribution in [-0.4, -0.2) is 32.8 Å². The van der Waals surface area contributed by atoms with Gasteiger partial charge in [-0.25, -0.2) is 4.79 Å². The van der Waals surface area contributed by atoms with Crippen molar-refractivity contribution in [2.75, 3.05) is 37.0 Å². The third kappa shape index (κ3) is 5.71. The molecule has 0 bridgehead atoms. The van der Waals surface area contributed by atoms with E-state index < -0.39 is 0 Å². The lowest BCUT2D eigenvalue weighted by molar-refractivity contribution is 0.252. The predicted molar refractivity (Wildman–Crippen MR) is 104 cm³/mol. The Morgan fingerprint density at radius 2 is 1.64 bits per heavy atom. The van der Waals surface area contributed by atoms with E-state index >= 15 is 0 Å². The van der Waals surface area contributed by atoms with Crippen LogP contribution < -0.4 is 20.3 Å². The van der Waals surface area contributed by atoms with Crippen molar-refractivity contribution in [1.29, 1.82) is 0 Å². The van der Waals surface area contributed by atoms with Gasteiger partial charge in [-0.05, 0) is 62.2 Å². The van der Waals surface area contributed by atoms with Crippen LogP contribution in [0.25, 0.3) is 0 Å². The van der Waals surface area contributed by atoms with Crippen molar-refractivity contribution in [3.8, 4) is 5.75 Å². The molecule has 5 nitrogen and oxygen atoms in total. The summed E-state index contributed by atoms with van der Waals surface area (Å²) in [4.78, 5) is 14.2. The van der Waals surface area contributed by atoms with Crippen LogP contribution in [0.4, 0.5) is 16.2 Å². The van der Waals surface area contributed by atoms with Gasteiger partial charge in [-0.15, -0.1) is 0 Å². The van der Waals surface area contributed by atoms with Crippen LogP contribution in [0.5, 0.6) is 5.75 Å². The average Bonchev–Trinajstić information content (AvgIpc) is 2.64. The molecular weight excluding hydrogens is 314 g/mol. The lowest BCUT2D eigenvalue weighted by atomic mass is 10.1. The Balaban J connectivity index is 1.77. The topological polar surface area (TPSA) is 53.6 Å². The van der Waals surface area contributed by atoms with Crippen LogP contribution in [0.3, 0.4) is 0 Å². The number of methoxy groups -OCH3 is 1.